The van der Waals surface area contributed by atoms with Crippen LogP contribution >= 0.6 is 24.0 Å². The largest absolute Gasteiger partial charge is 0.379 e. The Labute approximate surface area is 147 Å². The molecule has 1 fully saturated rings. The van der Waals surface area contributed by atoms with Gasteiger partial charge in [0.05, 0.1) is 19.3 Å². The molecule has 0 aliphatic carbocycles. The molecule has 0 amide bonds. The highest BCUT2D eigenvalue weighted by Gasteiger charge is 2.15. The van der Waals surface area contributed by atoms with Crippen LogP contribution in [0.5, 0.6) is 0 Å². The van der Waals surface area contributed by atoms with Crippen molar-refractivity contribution in [3.63, 3.8) is 0 Å². The molecule has 8 nitrogen and oxygen atoms in total. The first-order valence-corrected chi connectivity index (χ1v) is 7.21. The summed E-state index contributed by atoms with van der Waals surface area (Å²) < 4.78 is 16.0. The predicted octanol–water partition coefficient (Wildman–Crippen LogP) is 0.857. The van der Waals surface area contributed by atoms with Gasteiger partial charge in [-0.1, -0.05) is 5.16 Å². The fourth-order valence-corrected chi connectivity index (χ4v) is 1.97. The Kier molecular flexibility index (Phi) is 9.32. The molecule has 1 atom stereocenters. The lowest BCUT2D eigenvalue weighted by Crippen LogP contribution is -2.37. The Hall–Kier alpha value is -0.940. The SMILES string of the molecule is CN=C(NCCCOC1CCOC1)NCc1nc(C)no1.I. The number of nitrogens with zero attached hydrogens (tertiary/aromatic N) is 3. The third-order valence-electron chi connectivity index (χ3n) is 3.06. The van der Waals surface area contributed by atoms with E-state index in [2.05, 4.69) is 25.8 Å². The standard InChI is InChI=1S/C13H23N5O3.HI/c1-10-17-12(21-18-10)8-16-13(14-2)15-5-3-6-20-11-4-7-19-9-11;/h11H,3-9H2,1-2H3,(H2,14,15,16);1H. The van der Waals surface area contributed by atoms with Crippen molar-refractivity contribution in [1.29, 1.82) is 0 Å². The molecular formula is C13H24IN5O3. The van der Waals surface area contributed by atoms with Crippen LogP contribution in [0.2, 0.25) is 0 Å². The summed E-state index contributed by atoms with van der Waals surface area (Å²) in [6.07, 6.45) is 2.18. The second kappa shape index (κ2) is 10.7. The average molecular weight is 425 g/mol. The molecule has 1 aromatic heterocycles. The van der Waals surface area contributed by atoms with Gasteiger partial charge in [0.25, 0.3) is 0 Å². The number of halogens is 1. The molecule has 0 saturated carbocycles. The van der Waals surface area contributed by atoms with Crippen LogP contribution in [0.4, 0.5) is 0 Å². The number of aromatic nitrogens is 2. The van der Waals surface area contributed by atoms with Gasteiger partial charge in [-0.3, -0.25) is 4.99 Å². The third kappa shape index (κ3) is 6.88. The maximum atomic E-state index is 5.69. The first-order chi connectivity index (χ1) is 10.3. The molecule has 1 aliphatic rings. The fraction of sp³-hybridized carbons (Fsp3) is 0.769. The summed E-state index contributed by atoms with van der Waals surface area (Å²) in [5, 5.41) is 10.1. The molecule has 1 aliphatic heterocycles. The van der Waals surface area contributed by atoms with E-state index in [0.717, 1.165) is 39.2 Å². The lowest BCUT2D eigenvalue weighted by molar-refractivity contribution is 0.0420. The maximum Gasteiger partial charge on any atom is 0.246 e. The minimum atomic E-state index is 0. The van der Waals surface area contributed by atoms with Gasteiger partial charge in [0.1, 0.15) is 0 Å². The number of guanidine groups is 1. The molecule has 9 heteroatoms. The van der Waals surface area contributed by atoms with Gasteiger partial charge in [-0.2, -0.15) is 4.98 Å². The number of nitrogens with one attached hydrogen (secondary N) is 2. The van der Waals surface area contributed by atoms with Crippen molar-refractivity contribution >= 4 is 29.9 Å². The first-order valence-electron chi connectivity index (χ1n) is 7.21. The van der Waals surface area contributed by atoms with Crippen LogP contribution < -0.4 is 10.6 Å². The molecule has 1 unspecified atom stereocenters. The van der Waals surface area contributed by atoms with E-state index in [-0.39, 0.29) is 30.1 Å². The molecule has 22 heavy (non-hydrogen) atoms. The van der Waals surface area contributed by atoms with Crippen molar-refractivity contribution in [3.8, 4) is 0 Å². The van der Waals surface area contributed by atoms with Gasteiger partial charge in [0.15, 0.2) is 11.8 Å². The van der Waals surface area contributed by atoms with Crippen molar-refractivity contribution < 1.29 is 14.0 Å². The van der Waals surface area contributed by atoms with E-state index in [9.17, 15) is 0 Å². The van der Waals surface area contributed by atoms with Crippen molar-refractivity contribution in [3.05, 3.63) is 11.7 Å². The van der Waals surface area contributed by atoms with Crippen LogP contribution in [0.25, 0.3) is 0 Å². The Morgan fingerprint density at radius 3 is 2.95 bits per heavy atom. The average Bonchev–Trinajstić information content (AvgIpc) is 3.13. The third-order valence-corrected chi connectivity index (χ3v) is 3.06. The second-order valence-corrected chi connectivity index (χ2v) is 4.80. The second-order valence-electron chi connectivity index (χ2n) is 4.80. The highest BCUT2D eigenvalue weighted by atomic mass is 127. The quantitative estimate of drug-likeness (QED) is 0.290. The minimum absolute atomic E-state index is 0. The zero-order valence-electron chi connectivity index (χ0n) is 13.0. The van der Waals surface area contributed by atoms with Gasteiger partial charge in [-0.25, -0.2) is 0 Å². The highest BCUT2D eigenvalue weighted by Crippen LogP contribution is 2.07. The van der Waals surface area contributed by atoms with Gasteiger partial charge < -0.3 is 24.6 Å². The van der Waals surface area contributed by atoms with Crippen LogP contribution in [-0.4, -0.2) is 55.6 Å². The summed E-state index contributed by atoms with van der Waals surface area (Å²) in [4.78, 5) is 8.24. The summed E-state index contributed by atoms with van der Waals surface area (Å²) in [5.74, 6) is 1.87. The van der Waals surface area contributed by atoms with Crippen molar-refractivity contribution in [2.24, 2.45) is 4.99 Å². The number of aliphatic imine (C=N–C) groups is 1. The summed E-state index contributed by atoms with van der Waals surface area (Å²) >= 11 is 0. The molecular weight excluding hydrogens is 401 g/mol. The monoisotopic (exact) mass is 425 g/mol. The zero-order chi connectivity index (χ0) is 14.9. The molecule has 1 saturated heterocycles. The molecule has 2 N–H and O–H groups in total. The summed E-state index contributed by atoms with van der Waals surface area (Å²) in [6.45, 7) is 5.29. The summed E-state index contributed by atoms with van der Waals surface area (Å²) in [5.41, 5.74) is 0. The number of hydrogen-bond acceptors (Lipinski definition) is 6. The van der Waals surface area contributed by atoms with Gasteiger partial charge in [0, 0.05) is 26.8 Å². The topological polar surface area (TPSA) is 93.8 Å². The minimum Gasteiger partial charge on any atom is -0.379 e. The fourth-order valence-electron chi connectivity index (χ4n) is 1.97. The van der Waals surface area contributed by atoms with Crippen molar-refractivity contribution in [2.75, 3.05) is 33.4 Å². The van der Waals surface area contributed by atoms with Crippen LogP contribution in [0.3, 0.4) is 0 Å². The Morgan fingerprint density at radius 2 is 2.32 bits per heavy atom. The number of aryl methyl sites for hydroxylation is 1. The van der Waals surface area contributed by atoms with Gasteiger partial charge in [-0.15, -0.1) is 24.0 Å². The van der Waals surface area contributed by atoms with Gasteiger partial charge in [-0.05, 0) is 19.8 Å². The Morgan fingerprint density at radius 1 is 1.45 bits per heavy atom. The molecule has 0 aromatic carbocycles. The molecule has 0 radical (unpaired) electrons. The molecule has 2 heterocycles. The zero-order valence-corrected chi connectivity index (χ0v) is 15.3. The van der Waals surface area contributed by atoms with Crippen molar-refractivity contribution in [2.45, 2.75) is 32.4 Å². The van der Waals surface area contributed by atoms with E-state index < -0.39 is 0 Å². The van der Waals surface area contributed by atoms with Crippen molar-refractivity contribution in [1.82, 2.24) is 20.8 Å². The highest BCUT2D eigenvalue weighted by molar-refractivity contribution is 14.0. The molecule has 0 bridgehead atoms. The summed E-state index contributed by atoms with van der Waals surface area (Å²) in [6, 6.07) is 0. The van der Waals surface area contributed by atoms with Gasteiger partial charge >= 0.3 is 0 Å². The van der Waals surface area contributed by atoms with Crippen LogP contribution in [-0.2, 0) is 16.0 Å². The predicted molar refractivity (Wildman–Crippen MR) is 92.4 cm³/mol. The van der Waals surface area contributed by atoms with E-state index in [1.165, 1.54) is 0 Å². The number of rotatable bonds is 7. The van der Waals surface area contributed by atoms with E-state index in [1.54, 1.807) is 14.0 Å². The Balaban J connectivity index is 0.00000242. The molecule has 0 spiro atoms. The first kappa shape index (κ1) is 19.1. The van der Waals surface area contributed by atoms with E-state index in [1.807, 2.05) is 0 Å². The van der Waals surface area contributed by atoms with Gasteiger partial charge in [0.2, 0.25) is 5.89 Å². The van der Waals surface area contributed by atoms with E-state index >= 15 is 0 Å². The van der Waals surface area contributed by atoms with E-state index in [4.69, 9.17) is 14.0 Å². The number of ether oxygens (including phenoxy) is 2. The lowest BCUT2D eigenvalue weighted by Gasteiger charge is -2.12. The molecule has 2 rings (SSSR count). The number of hydrogen-bond donors (Lipinski definition) is 2. The van der Waals surface area contributed by atoms with Crippen LogP contribution in [0, 0.1) is 6.92 Å². The normalized spacial score (nSPS) is 18.1. The Bertz CT molecular complexity index is 449. The molecule has 1 aromatic rings. The lowest BCUT2D eigenvalue weighted by atomic mass is 10.3. The molecule has 126 valence electrons. The summed E-state index contributed by atoms with van der Waals surface area (Å²) in [7, 11) is 1.72. The maximum absolute atomic E-state index is 5.69. The smallest absolute Gasteiger partial charge is 0.246 e. The van der Waals surface area contributed by atoms with Crippen LogP contribution in [0.1, 0.15) is 24.6 Å². The van der Waals surface area contributed by atoms with Crippen LogP contribution in [0.15, 0.2) is 9.52 Å². The van der Waals surface area contributed by atoms with E-state index in [0.29, 0.717) is 24.2 Å².